The van der Waals surface area contributed by atoms with Crippen LogP contribution >= 0.6 is 0 Å². The van der Waals surface area contributed by atoms with E-state index in [4.69, 9.17) is 0 Å². The fourth-order valence-corrected chi connectivity index (χ4v) is 2.57. The topological polar surface area (TPSA) is 42.7 Å². The average molecular weight is 242 g/mol. The summed E-state index contributed by atoms with van der Waals surface area (Å²) in [6, 6.07) is 8.51. The lowest BCUT2D eigenvalue weighted by Crippen LogP contribution is -2.33. The molecule has 1 aromatic heterocycles. The lowest BCUT2D eigenvalue weighted by atomic mass is 9.90. The van der Waals surface area contributed by atoms with Crippen LogP contribution < -0.4 is 5.32 Å². The zero-order valence-electron chi connectivity index (χ0n) is 10.8. The Bertz CT molecular complexity index is 535. The SMILES string of the molecule is Cc1cnn(-c2ccc(C3(C)CCCN3)cc2)n1. The third-order valence-electron chi connectivity index (χ3n) is 3.71. The molecule has 0 aliphatic carbocycles. The Morgan fingerprint density at radius 3 is 2.61 bits per heavy atom. The van der Waals surface area contributed by atoms with E-state index in [2.05, 4.69) is 46.7 Å². The summed E-state index contributed by atoms with van der Waals surface area (Å²) in [5.41, 5.74) is 3.41. The van der Waals surface area contributed by atoms with Crippen molar-refractivity contribution in [2.24, 2.45) is 0 Å². The molecule has 18 heavy (non-hydrogen) atoms. The normalized spacial score (nSPS) is 23.4. The molecule has 0 amide bonds. The molecule has 4 nitrogen and oxygen atoms in total. The van der Waals surface area contributed by atoms with Gasteiger partial charge < -0.3 is 5.32 Å². The Labute approximate surface area is 107 Å². The summed E-state index contributed by atoms with van der Waals surface area (Å²) < 4.78 is 0. The first-order valence-electron chi connectivity index (χ1n) is 6.42. The molecule has 1 unspecified atom stereocenters. The van der Waals surface area contributed by atoms with E-state index >= 15 is 0 Å². The second-order valence-corrected chi connectivity index (χ2v) is 5.18. The van der Waals surface area contributed by atoms with Crippen LogP contribution in [-0.4, -0.2) is 21.5 Å². The van der Waals surface area contributed by atoms with Gasteiger partial charge >= 0.3 is 0 Å². The zero-order chi connectivity index (χ0) is 12.6. The van der Waals surface area contributed by atoms with E-state index < -0.39 is 0 Å². The van der Waals surface area contributed by atoms with Gasteiger partial charge in [0.05, 0.1) is 17.6 Å². The first-order chi connectivity index (χ1) is 8.67. The summed E-state index contributed by atoms with van der Waals surface area (Å²) in [4.78, 5) is 1.67. The van der Waals surface area contributed by atoms with Crippen LogP contribution in [0.1, 0.15) is 31.0 Å². The van der Waals surface area contributed by atoms with E-state index in [1.54, 1.807) is 11.0 Å². The molecule has 0 bridgehead atoms. The average Bonchev–Trinajstić information content (AvgIpc) is 3.00. The standard InChI is InChI=1S/C14H18N4/c1-11-10-16-18(17-11)13-6-4-12(5-7-13)14(2)8-3-9-15-14/h4-7,10,15H,3,8-9H2,1-2H3. The van der Waals surface area contributed by atoms with E-state index in [1.165, 1.54) is 18.4 Å². The van der Waals surface area contributed by atoms with Gasteiger partial charge in [-0.3, -0.25) is 0 Å². The number of aromatic nitrogens is 3. The molecule has 2 heterocycles. The highest BCUT2D eigenvalue weighted by Crippen LogP contribution is 2.30. The maximum atomic E-state index is 4.32. The van der Waals surface area contributed by atoms with Crippen molar-refractivity contribution in [3.63, 3.8) is 0 Å². The van der Waals surface area contributed by atoms with Crippen molar-refractivity contribution < 1.29 is 0 Å². The molecule has 1 aromatic carbocycles. The van der Waals surface area contributed by atoms with Crippen molar-refractivity contribution >= 4 is 0 Å². The first kappa shape index (κ1) is 11.4. The number of rotatable bonds is 2. The van der Waals surface area contributed by atoms with E-state index in [1.807, 2.05) is 6.92 Å². The van der Waals surface area contributed by atoms with Crippen molar-refractivity contribution in [1.29, 1.82) is 0 Å². The molecule has 1 atom stereocenters. The van der Waals surface area contributed by atoms with Gasteiger partial charge in [0.1, 0.15) is 0 Å². The number of hydrogen-bond donors (Lipinski definition) is 1. The molecule has 0 saturated carbocycles. The molecular weight excluding hydrogens is 224 g/mol. The monoisotopic (exact) mass is 242 g/mol. The van der Waals surface area contributed by atoms with Crippen LogP contribution in [-0.2, 0) is 5.54 Å². The quantitative estimate of drug-likeness (QED) is 0.877. The zero-order valence-corrected chi connectivity index (χ0v) is 10.8. The maximum Gasteiger partial charge on any atom is 0.0856 e. The highest BCUT2D eigenvalue weighted by Gasteiger charge is 2.29. The third-order valence-corrected chi connectivity index (χ3v) is 3.71. The minimum Gasteiger partial charge on any atom is -0.308 e. The second-order valence-electron chi connectivity index (χ2n) is 5.18. The molecule has 94 valence electrons. The number of nitrogens with zero attached hydrogens (tertiary/aromatic N) is 3. The molecule has 0 radical (unpaired) electrons. The van der Waals surface area contributed by atoms with Crippen LogP contribution in [0.15, 0.2) is 30.5 Å². The number of nitrogens with one attached hydrogen (secondary N) is 1. The second kappa shape index (κ2) is 4.21. The number of benzene rings is 1. The maximum absolute atomic E-state index is 4.32. The molecule has 0 spiro atoms. The summed E-state index contributed by atoms with van der Waals surface area (Å²) in [6.07, 6.45) is 4.22. The van der Waals surface area contributed by atoms with Crippen molar-refractivity contribution in [3.8, 4) is 5.69 Å². The van der Waals surface area contributed by atoms with Crippen molar-refractivity contribution in [2.45, 2.75) is 32.2 Å². The van der Waals surface area contributed by atoms with Crippen LogP contribution in [0.4, 0.5) is 0 Å². The van der Waals surface area contributed by atoms with Gasteiger partial charge in [-0.2, -0.15) is 15.0 Å². The van der Waals surface area contributed by atoms with E-state index in [0.29, 0.717) is 0 Å². The Balaban J connectivity index is 1.89. The summed E-state index contributed by atoms with van der Waals surface area (Å²) >= 11 is 0. The van der Waals surface area contributed by atoms with Crippen molar-refractivity contribution in [1.82, 2.24) is 20.3 Å². The van der Waals surface area contributed by atoms with E-state index in [-0.39, 0.29) is 5.54 Å². The molecule has 1 fully saturated rings. The molecule has 3 rings (SSSR count). The van der Waals surface area contributed by atoms with Gasteiger partial charge in [0.15, 0.2) is 0 Å². The molecular formula is C14H18N4. The molecule has 2 aromatic rings. The Morgan fingerprint density at radius 1 is 1.28 bits per heavy atom. The number of hydrogen-bond acceptors (Lipinski definition) is 3. The predicted molar refractivity (Wildman–Crippen MR) is 70.7 cm³/mol. The van der Waals surface area contributed by atoms with Crippen molar-refractivity contribution in [2.75, 3.05) is 6.54 Å². The largest absolute Gasteiger partial charge is 0.308 e. The summed E-state index contributed by atoms with van der Waals surface area (Å²) in [5, 5.41) is 12.1. The van der Waals surface area contributed by atoms with E-state index in [9.17, 15) is 0 Å². The molecule has 4 heteroatoms. The van der Waals surface area contributed by atoms with Gasteiger partial charge in [-0.15, -0.1) is 0 Å². The smallest absolute Gasteiger partial charge is 0.0856 e. The van der Waals surface area contributed by atoms with Gasteiger partial charge in [0.2, 0.25) is 0 Å². The van der Waals surface area contributed by atoms with Crippen LogP contribution in [0, 0.1) is 6.92 Å². The first-order valence-corrected chi connectivity index (χ1v) is 6.42. The minimum absolute atomic E-state index is 0.131. The van der Waals surface area contributed by atoms with Crippen molar-refractivity contribution in [3.05, 3.63) is 41.7 Å². The Kier molecular flexibility index (Phi) is 2.67. The van der Waals surface area contributed by atoms with Gasteiger partial charge in [-0.05, 0) is 50.9 Å². The van der Waals surface area contributed by atoms with Crippen LogP contribution in [0.5, 0.6) is 0 Å². The Hall–Kier alpha value is -1.68. The van der Waals surface area contributed by atoms with Crippen LogP contribution in [0.25, 0.3) is 5.69 Å². The molecule has 1 aliphatic rings. The molecule has 1 N–H and O–H groups in total. The van der Waals surface area contributed by atoms with Gasteiger partial charge in [-0.1, -0.05) is 12.1 Å². The summed E-state index contributed by atoms with van der Waals surface area (Å²) in [7, 11) is 0. The lowest BCUT2D eigenvalue weighted by Gasteiger charge is -2.25. The summed E-state index contributed by atoms with van der Waals surface area (Å²) in [6.45, 7) is 5.32. The number of aryl methyl sites for hydroxylation is 1. The van der Waals surface area contributed by atoms with Crippen LogP contribution in [0.2, 0.25) is 0 Å². The minimum atomic E-state index is 0.131. The third kappa shape index (κ3) is 1.93. The van der Waals surface area contributed by atoms with E-state index in [0.717, 1.165) is 17.9 Å². The van der Waals surface area contributed by atoms with Gasteiger partial charge in [0, 0.05) is 5.54 Å². The molecule has 1 aliphatic heterocycles. The lowest BCUT2D eigenvalue weighted by molar-refractivity contribution is 0.434. The highest BCUT2D eigenvalue weighted by molar-refractivity contribution is 5.36. The Morgan fingerprint density at radius 2 is 2.06 bits per heavy atom. The molecule has 1 saturated heterocycles. The fourth-order valence-electron chi connectivity index (χ4n) is 2.57. The predicted octanol–water partition coefficient (Wildman–Crippen LogP) is 2.17. The van der Waals surface area contributed by atoms with Gasteiger partial charge in [-0.25, -0.2) is 0 Å². The van der Waals surface area contributed by atoms with Crippen LogP contribution in [0.3, 0.4) is 0 Å². The summed E-state index contributed by atoms with van der Waals surface area (Å²) in [5.74, 6) is 0. The highest BCUT2D eigenvalue weighted by atomic mass is 15.5. The van der Waals surface area contributed by atoms with Gasteiger partial charge in [0.25, 0.3) is 0 Å². The fraction of sp³-hybridized carbons (Fsp3) is 0.429.